The van der Waals surface area contributed by atoms with Crippen LogP contribution >= 0.6 is 0 Å². The molecule has 0 aromatic heterocycles. The molecule has 0 atom stereocenters. The normalized spacial score (nSPS) is 10.6. The molecule has 120 valence electrons. The van der Waals surface area contributed by atoms with Gasteiger partial charge in [0, 0.05) is 6.08 Å². The third kappa shape index (κ3) is 8.51. The van der Waals surface area contributed by atoms with Crippen molar-refractivity contribution in [2.75, 3.05) is 26.4 Å². The van der Waals surface area contributed by atoms with Crippen molar-refractivity contribution in [1.82, 2.24) is 10.4 Å². The molecule has 0 unspecified atom stereocenters. The molecule has 0 rings (SSSR count). The second kappa shape index (κ2) is 10.5. The fourth-order valence-corrected chi connectivity index (χ4v) is 1.30. The summed E-state index contributed by atoms with van der Waals surface area (Å²) in [5.41, 5.74) is 2.76. The quantitative estimate of drug-likeness (QED) is 0.347. The molecule has 8 heteroatoms. The van der Waals surface area contributed by atoms with Gasteiger partial charge in [0.05, 0.1) is 26.4 Å². The zero-order valence-electron chi connectivity index (χ0n) is 12.8. The summed E-state index contributed by atoms with van der Waals surface area (Å²) in [6.07, 6.45) is -0.292. The van der Waals surface area contributed by atoms with Gasteiger partial charge in [0.15, 0.2) is 0 Å². The average Bonchev–Trinajstić information content (AvgIpc) is 2.38. The van der Waals surface area contributed by atoms with Crippen LogP contribution in [0.1, 0.15) is 27.7 Å². The Bertz CT molecular complexity index is 394. The van der Waals surface area contributed by atoms with Crippen LogP contribution in [-0.4, -0.2) is 49.5 Å². The fourth-order valence-electron chi connectivity index (χ4n) is 1.30. The first-order valence-corrected chi connectivity index (χ1v) is 6.66. The van der Waals surface area contributed by atoms with Gasteiger partial charge in [-0.25, -0.2) is 24.8 Å². The van der Waals surface area contributed by atoms with Crippen LogP contribution in [0.15, 0.2) is 11.6 Å². The Balaban J connectivity index is 4.76. The van der Waals surface area contributed by atoms with Crippen molar-refractivity contribution in [1.29, 1.82) is 0 Å². The van der Waals surface area contributed by atoms with Crippen molar-refractivity contribution in [3.05, 3.63) is 11.6 Å². The minimum atomic E-state index is -0.783. The monoisotopic (exact) mass is 302 g/mol. The lowest BCUT2D eigenvalue weighted by molar-refractivity contribution is -0.137. The van der Waals surface area contributed by atoms with Crippen molar-refractivity contribution < 1.29 is 28.6 Å². The van der Waals surface area contributed by atoms with Crippen LogP contribution in [0.4, 0.5) is 9.59 Å². The largest absolute Gasteiger partial charge is 0.463 e. The first-order valence-electron chi connectivity index (χ1n) is 6.66. The summed E-state index contributed by atoms with van der Waals surface area (Å²) in [5.74, 6) is -0.519. The van der Waals surface area contributed by atoms with Crippen LogP contribution in [0, 0.1) is 0 Å². The summed E-state index contributed by atoms with van der Waals surface area (Å²) in [6, 6.07) is 0. The molecule has 0 aliphatic carbocycles. The van der Waals surface area contributed by atoms with Crippen molar-refractivity contribution in [3.63, 3.8) is 0 Å². The van der Waals surface area contributed by atoms with Crippen LogP contribution in [0.2, 0.25) is 0 Å². The van der Waals surface area contributed by atoms with E-state index in [9.17, 15) is 14.4 Å². The molecule has 0 heterocycles. The van der Waals surface area contributed by atoms with Gasteiger partial charge in [0.25, 0.3) is 0 Å². The number of carbonyl (C=O) groups excluding carboxylic acids is 3. The Morgan fingerprint density at radius 2 is 1.57 bits per heavy atom. The van der Waals surface area contributed by atoms with Gasteiger partial charge in [0.2, 0.25) is 0 Å². The van der Waals surface area contributed by atoms with Crippen LogP contribution in [0.3, 0.4) is 0 Å². The molecule has 0 radical (unpaired) electrons. The summed E-state index contributed by atoms with van der Waals surface area (Å²) < 4.78 is 14.3. The molecular formula is C13H22N2O6. The van der Waals surface area contributed by atoms with E-state index in [0.717, 1.165) is 5.01 Å². The summed E-state index contributed by atoms with van der Waals surface area (Å²) in [7, 11) is 0. The van der Waals surface area contributed by atoms with E-state index in [1.165, 1.54) is 6.08 Å². The van der Waals surface area contributed by atoms with E-state index in [1.54, 1.807) is 27.7 Å². The highest BCUT2D eigenvalue weighted by Gasteiger charge is 2.18. The van der Waals surface area contributed by atoms with E-state index in [1.807, 2.05) is 0 Å². The van der Waals surface area contributed by atoms with Gasteiger partial charge in [-0.15, -0.1) is 0 Å². The van der Waals surface area contributed by atoms with Gasteiger partial charge in [0.1, 0.15) is 0 Å². The number of nitrogens with one attached hydrogen (secondary N) is 1. The fraction of sp³-hybridized carbons (Fsp3) is 0.615. The molecule has 0 aromatic rings. The van der Waals surface area contributed by atoms with E-state index in [0.29, 0.717) is 5.57 Å². The van der Waals surface area contributed by atoms with E-state index < -0.39 is 18.2 Å². The molecule has 0 fully saturated rings. The number of hydrazine groups is 1. The van der Waals surface area contributed by atoms with Crippen molar-refractivity contribution in [3.8, 4) is 0 Å². The van der Waals surface area contributed by atoms with E-state index in [4.69, 9.17) is 14.2 Å². The lowest BCUT2D eigenvalue weighted by Crippen LogP contribution is -2.47. The van der Waals surface area contributed by atoms with Gasteiger partial charge < -0.3 is 14.2 Å². The topological polar surface area (TPSA) is 94.2 Å². The Labute approximate surface area is 124 Å². The Kier molecular flexibility index (Phi) is 9.40. The summed E-state index contributed by atoms with van der Waals surface area (Å²) in [6.45, 7) is 7.13. The third-order valence-electron chi connectivity index (χ3n) is 2.05. The zero-order chi connectivity index (χ0) is 16.3. The molecule has 8 nitrogen and oxygen atoms in total. The number of hydrogen-bond donors (Lipinski definition) is 1. The molecule has 21 heavy (non-hydrogen) atoms. The maximum absolute atomic E-state index is 11.7. The average molecular weight is 302 g/mol. The SMILES string of the molecule is CCOC(=O)/C=C(\C)CN(NC(=O)OCC)C(=O)OCC. The number of nitrogens with zero attached hydrogens (tertiary/aromatic N) is 1. The number of carbonyl (C=O) groups is 3. The maximum atomic E-state index is 11.7. The lowest BCUT2D eigenvalue weighted by atomic mass is 10.3. The number of ether oxygens (including phenoxy) is 3. The van der Waals surface area contributed by atoms with Gasteiger partial charge >= 0.3 is 18.2 Å². The van der Waals surface area contributed by atoms with Gasteiger partial charge in [-0.05, 0) is 33.3 Å². The molecule has 0 saturated heterocycles. The standard InChI is InChI=1S/C13H22N2O6/c1-5-19-11(16)8-10(4)9-15(13(18)21-7-3)14-12(17)20-6-2/h8H,5-7,9H2,1-4H3,(H,14,17)/b10-8+. The number of rotatable bonds is 6. The number of amides is 2. The smallest absolute Gasteiger partial charge is 0.429 e. The summed E-state index contributed by atoms with van der Waals surface area (Å²) in [4.78, 5) is 34.4. The molecule has 0 aliphatic rings. The Hall–Kier alpha value is -2.25. The molecular weight excluding hydrogens is 280 g/mol. The van der Waals surface area contributed by atoms with Crippen molar-refractivity contribution in [2.24, 2.45) is 0 Å². The molecule has 0 aliphatic heterocycles. The van der Waals surface area contributed by atoms with Crippen LogP contribution in [0.25, 0.3) is 0 Å². The number of hydrogen-bond acceptors (Lipinski definition) is 6. The highest BCUT2D eigenvalue weighted by Crippen LogP contribution is 2.01. The highest BCUT2D eigenvalue weighted by atomic mass is 16.6. The number of esters is 1. The molecule has 1 N–H and O–H groups in total. The van der Waals surface area contributed by atoms with E-state index in [2.05, 4.69) is 5.43 Å². The predicted octanol–water partition coefficient (Wildman–Crippen LogP) is 1.62. The summed E-state index contributed by atoms with van der Waals surface area (Å²) >= 11 is 0. The Morgan fingerprint density at radius 3 is 2.10 bits per heavy atom. The van der Waals surface area contributed by atoms with E-state index in [-0.39, 0.29) is 26.4 Å². The second-order valence-corrected chi connectivity index (χ2v) is 3.86. The second-order valence-electron chi connectivity index (χ2n) is 3.86. The van der Waals surface area contributed by atoms with Crippen molar-refractivity contribution in [2.45, 2.75) is 27.7 Å². The highest BCUT2D eigenvalue weighted by molar-refractivity contribution is 5.83. The molecule has 2 amide bonds. The van der Waals surface area contributed by atoms with Gasteiger partial charge in [-0.1, -0.05) is 0 Å². The van der Waals surface area contributed by atoms with Crippen molar-refractivity contribution >= 4 is 18.2 Å². The molecule has 0 saturated carbocycles. The zero-order valence-corrected chi connectivity index (χ0v) is 12.8. The predicted molar refractivity (Wildman–Crippen MR) is 74.3 cm³/mol. The lowest BCUT2D eigenvalue weighted by Gasteiger charge is -2.22. The van der Waals surface area contributed by atoms with Gasteiger partial charge in [-0.3, -0.25) is 0 Å². The van der Waals surface area contributed by atoms with Crippen LogP contribution in [-0.2, 0) is 19.0 Å². The summed E-state index contributed by atoms with van der Waals surface area (Å²) in [5, 5.41) is 0.923. The minimum absolute atomic E-state index is 0.0313. The first kappa shape index (κ1) is 18.8. The Morgan fingerprint density at radius 1 is 1.00 bits per heavy atom. The molecule has 0 aromatic carbocycles. The van der Waals surface area contributed by atoms with Gasteiger partial charge in [-0.2, -0.15) is 0 Å². The van der Waals surface area contributed by atoms with Crippen LogP contribution in [0.5, 0.6) is 0 Å². The van der Waals surface area contributed by atoms with E-state index >= 15 is 0 Å². The molecule has 0 spiro atoms. The van der Waals surface area contributed by atoms with Crippen LogP contribution < -0.4 is 5.43 Å². The maximum Gasteiger partial charge on any atom is 0.429 e. The third-order valence-corrected chi connectivity index (χ3v) is 2.05. The first-order chi connectivity index (χ1) is 9.94. The minimum Gasteiger partial charge on any atom is -0.463 e. The molecule has 0 bridgehead atoms.